The maximum Gasteiger partial charge on any atom is 0.416 e. The molecule has 0 aromatic heterocycles. The van der Waals surface area contributed by atoms with E-state index >= 15 is 0 Å². The molecule has 2 rings (SSSR count). The van der Waals surface area contributed by atoms with E-state index in [0.717, 1.165) is 12.1 Å². The number of methoxy groups -OCH3 is 1. The average Bonchev–Trinajstić information content (AvgIpc) is 2.99. The summed E-state index contributed by atoms with van der Waals surface area (Å²) in [5.74, 6) is -0.282. The summed E-state index contributed by atoms with van der Waals surface area (Å²) in [6, 6.07) is 4.21. The summed E-state index contributed by atoms with van der Waals surface area (Å²) in [6.45, 7) is 0.313. The lowest BCUT2D eigenvalue weighted by Crippen LogP contribution is -2.32. The fourth-order valence-electron chi connectivity index (χ4n) is 2.97. The van der Waals surface area contributed by atoms with Crippen LogP contribution in [0, 0.1) is 0 Å². The average molecular weight is 374 g/mol. The van der Waals surface area contributed by atoms with Crippen molar-refractivity contribution in [3.8, 4) is 0 Å². The highest BCUT2D eigenvalue weighted by Gasteiger charge is 2.37. The number of hydrogen-bond donors (Lipinski definition) is 2. The molecule has 6 nitrogen and oxygen atoms in total. The number of rotatable bonds is 5. The van der Waals surface area contributed by atoms with Gasteiger partial charge in [0, 0.05) is 19.5 Å². The molecular formula is C17H21F3N2O4. The summed E-state index contributed by atoms with van der Waals surface area (Å²) in [6.07, 6.45) is -5.21. The van der Waals surface area contributed by atoms with E-state index < -0.39 is 30.0 Å². The van der Waals surface area contributed by atoms with Crippen molar-refractivity contribution >= 4 is 12.0 Å². The van der Waals surface area contributed by atoms with Crippen molar-refractivity contribution in [3.63, 3.8) is 0 Å². The fraction of sp³-hybridized carbons (Fsp3) is 0.529. The molecule has 1 aromatic carbocycles. The Balaban J connectivity index is 2.04. The van der Waals surface area contributed by atoms with Gasteiger partial charge in [0.2, 0.25) is 5.91 Å². The van der Waals surface area contributed by atoms with Crippen LogP contribution in [0.2, 0.25) is 0 Å². The molecule has 26 heavy (non-hydrogen) atoms. The molecule has 1 aromatic rings. The number of carbonyl (C=O) groups excluding carboxylic acids is 2. The van der Waals surface area contributed by atoms with Crippen LogP contribution < -0.4 is 5.32 Å². The Labute approximate surface area is 148 Å². The molecular weight excluding hydrogens is 353 g/mol. The van der Waals surface area contributed by atoms with Gasteiger partial charge in [-0.15, -0.1) is 0 Å². The molecule has 1 aliphatic heterocycles. The second-order valence-electron chi connectivity index (χ2n) is 6.10. The van der Waals surface area contributed by atoms with Gasteiger partial charge in [-0.1, -0.05) is 12.1 Å². The Morgan fingerprint density at radius 3 is 2.77 bits per heavy atom. The van der Waals surface area contributed by atoms with Gasteiger partial charge in [-0.2, -0.15) is 13.2 Å². The van der Waals surface area contributed by atoms with Crippen LogP contribution in [0.25, 0.3) is 0 Å². The van der Waals surface area contributed by atoms with E-state index in [-0.39, 0.29) is 31.8 Å². The molecule has 0 spiro atoms. The van der Waals surface area contributed by atoms with Crippen LogP contribution >= 0.6 is 0 Å². The van der Waals surface area contributed by atoms with Crippen LogP contribution in [0.4, 0.5) is 18.0 Å². The normalized spacial score (nSPS) is 20.1. The second kappa shape index (κ2) is 8.39. The predicted octanol–water partition coefficient (Wildman–Crippen LogP) is 2.48. The van der Waals surface area contributed by atoms with Gasteiger partial charge in [0.1, 0.15) is 0 Å². The number of likely N-dealkylation sites (tertiary alicyclic amines) is 1. The Bertz CT molecular complexity index is 651. The summed E-state index contributed by atoms with van der Waals surface area (Å²) < 4.78 is 43.2. The minimum atomic E-state index is -4.47. The van der Waals surface area contributed by atoms with Crippen molar-refractivity contribution in [3.05, 3.63) is 35.4 Å². The summed E-state index contributed by atoms with van der Waals surface area (Å²) in [7, 11) is 1.23. The standard InChI is InChI=1S/C17H21F3N2O4/c1-26-16(25)21-7-3-6-15(24)22-10-13(23)9-14(22)11-4-2-5-12(8-11)17(18,19)20/h2,4-5,8,13-14,23H,3,6-7,9-10H2,1H3,(H,21,25)/t13-,14-/m0/s1. The quantitative estimate of drug-likeness (QED) is 0.776. The van der Waals surface area contributed by atoms with E-state index in [2.05, 4.69) is 10.1 Å². The molecule has 144 valence electrons. The number of amides is 2. The molecule has 0 aliphatic carbocycles. The Hall–Kier alpha value is -2.29. The first-order valence-electron chi connectivity index (χ1n) is 8.19. The molecule has 0 radical (unpaired) electrons. The van der Waals surface area contributed by atoms with Gasteiger partial charge in [0.15, 0.2) is 0 Å². The van der Waals surface area contributed by atoms with Gasteiger partial charge in [-0.05, 0) is 30.5 Å². The van der Waals surface area contributed by atoms with E-state index in [1.165, 1.54) is 24.1 Å². The van der Waals surface area contributed by atoms with Crippen LogP contribution in [-0.4, -0.2) is 48.3 Å². The third-order valence-corrected chi connectivity index (χ3v) is 4.22. The largest absolute Gasteiger partial charge is 0.453 e. The van der Waals surface area contributed by atoms with Gasteiger partial charge in [0.25, 0.3) is 0 Å². The topological polar surface area (TPSA) is 78.9 Å². The van der Waals surface area contributed by atoms with Gasteiger partial charge < -0.3 is 20.1 Å². The molecule has 1 saturated heterocycles. The predicted molar refractivity (Wildman–Crippen MR) is 86.2 cm³/mol. The van der Waals surface area contributed by atoms with Gasteiger partial charge in [-0.25, -0.2) is 4.79 Å². The second-order valence-corrected chi connectivity index (χ2v) is 6.10. The van der Waals surface area contributed by atoms with Crippen LogP contribution in [0.5, 0.6) is 0 Å². The number of benzene rings is 1. The van der Waals surface area contributed by atoms with Crippen LogP contribution in [0.1, 0.15) is 36.4 Å². The Morgan fingerprint density at radius 2 is 2.12 bits per heavy atom. The molecule has 1 aliphatic rings. The summed E-state index contributed by atoms with van der Waals surface area (Å²) >= 11 is 0. The van der Waals surface area contributed by atoms with Crippen LogP contribution in [0.3, 0.4) is 0 Å². The minimum Gasteiger partial charge on any atom is -0.453 e. The SMILES string of the molecule is COC(=O)NCCCC(=O)N1C[C@@H](O)C[C@H]1c1cccc(C(F)(F)F)c1. The van der Waals surface area contributed by atoms with Crippen LogP contribution in [0.15, 0.2) is 24.3 Å². The third-order valence-electron chi connectivity index (χ3n) is 4.22. The zero-order valence-electron chi connectivity index (χ0n) is 14.3. The van der Waals surface area contributed by atoms with Crippen molar-refractivity contribution < 1.29 is 32.6 Å². The number of nitrogens with one attached hydrogen (secondary N) is 1. The number of β-amino-alcohol motifs (C(OH)–C–C–N with tert-alkyl or cyclic N) is 1. The zero-order chi connectivity index (χ0) is 19.3. The summed E-state index contributed by atoms with van der Waals surface area (Å²) in [5.41, 5.74) is -0.441. The number of carbonyl (C=O) groups is 2. The lowest BCUT2D eigenvalue weighted by Gasteiger charge is -2.25. The number of halogens is 3. The van der Waals surface area contributed by atoms with E-state index in [1.807, 2.05) is 0 Å². The number of hydrogen-bond acceptors (Lipinski definition) is 4. The Morgan fingerprint density at radius 1 is 1.38 bits per heavy atom. The number of aliphatic hydroxyl groups is 1. The molecule has 2 atom stereocenters. The van der Waals surface area contributed by atoms with E-state index in [1.54, 1.807) is 0 Å². The number of ether oxygens (including phenoxy) is 1. The molecule has 1 heterocycles. The van der Waals surface area contributed by atoms with Crippen molar-refractivity contribution in [2.24, 2.45) is 0 Å². The molecule has 9 heteroatoms. The van der Waals surface area contributed by atoms with E-state index in [4.69, 9.17) is 0 Å². The molecule has 0 bridgehead atoms. The maximum absolute atomic E-state index is 12.9. The maximum atomic E-state index is 12.9. The molecule has 0 saturated carbocycles. The molecule has 1 fully saturated rings. The van der Waals surface area contributed by atoms with Gasteiger partial charge in [0.05, 0.1) is 24.8 Å². The molecule has 2 amide bonds. The van der Waals surface area contributed by atoms with Gasteiger partial charge >= 0.3 is 12.3 Å². The Kier molecular flexibility index (Phi) is 6.47. The molecule has 0 unspecified atom stereocenters. The van der Waals surface area contributed by atoms with Crippen molar-refractivity contribution in [1.82, 2.24) is 10.2 Å². The van der Waals surface area contributed by atoms with Crippen molar-refractivity contribution in [2.45, 2.75) is 37.6 Å². The highest BCUT2D eigenvalue weighted by molar-refractivity contribution is 5.77. The lowest BCUT2D eigenvalue weighted by atomic mass is 10.0. The lowest BCUT2D eigenvalue weighted by molar-refractivity contribution is -0.137. The minimum absolute atomic E-state index is 0.0736. The first kappa shape index (κ1) is 20.0. The first-order valence-corrected chi connectivity index (χ1v) is 8.19. The van der Waals surface area contributed by atoms with E-state index in [9.17, 15) is 27.9 Å². The fourth-order valence-corrected chi connectivity index (χ4v) is 2.97. The summed E-state index contributed by atoms with van der Waals surface area (Å²) in [5, 5.41) is 12.3. The number of alkyl halides is 3. The van der Waals surface area contributed by atoms with Gasteiger partial charge in [-0.3, -0.25) is 4.79 Å². The zero-order valence-corrected chi connectivity index (χ0v) is 14.3. The number of nitrogens with zero attached hydrogens (tertiary/aromatic N) is 1. The van der Waals surface area contributed by atoms with Crippen molar-refractivity contribution in [2.75, 3.05) is 20.2 Å². The highest BCUT2D eigenvalue weighted by Crippen LogP contribution is 2.36. The number of alkyl carbamates (subject to hydrolysis) is 1. The van der Waals surface area contributed by atoms with E-state index in [0.29, 0.717) is 12.0 Å². The highest BCUT2D eigenvalue weighted by atomic mass is 19.4. The third kappa shape index (κ3) is 5.10. The van der Waals surface area contributed by atoms with Crippen LogP contribution in [-0.2, 0) is 15.7 Å². The number of aliphatic hydroxyl groups excluding tert-OH is 1. The van der Waals surface area contributed by atoms with Crippen molar-refractivity contribution in [1.29, 1.82) is 0 Å². The molecule has 2 N–H and O–H groups in total. The first-order chi connectivity index (χ1) is 12.2. The smallest absolute Gasteiger partial charge is 0.416 e. The monoisotopic (exact) mass is 374 g/mol. The summed E-state index contributed by atoms with van der Waals surface area (Å²) in [4.78, 5) is 24.8.